The van der Waals surface area contributed by atoms with E-state index in [1.807, 2.05) is 0 Å². The molecule has 6 nitrogen and oxygen atoms in total. The summed E-state index contributed by atoms with van der Waals surface area (Å²) in [7, 11) is 0. The molecule has 0 unspecified atom stereocenters. The Balaban J connectivity index is 2.36. The van der Waals surface area contributed by atoms with Crippen molar-refractivity contribution in [1.82, 2.24) is 14.8 Å². The fourth-order valence-corrected chi connectivity index (χ4v) is 1.58. The minimum Gasteiger partial charge on any atom is -0.323 e. The Hall–Kier alpha value is -2.39. The van der Waals surface area contributed by atoms with Gasteiger partial charge in [0.15, 0.2) is 0 Å². The average molecular weight is 262 g/mol. The first-order valence-corrected chi connectivity index (χ1v) is 5.40. The number of carbonyl (C=O) groups is 1. The minimum atomic E-state index is -0.402. The molecule has 90 valence electrons. The van der Waals surface area contributed by atoms with Gasteiger partial charge in [0.2, 0.25) is 5.91 Å². The number of hydrogen-bond donors (Lipinski definition) is 1. The Kier molecular flexibility index (Phi) is 3.55. The van der Waals surface area contributed by atoms with Gasteiger partial charge in [-0.05, 0) is 18.2 Å². The highest BCUT2D eigenvalue weighted by molar-refractivity contribution is 6.31. The molecule has 18 heavy (non-hydrogen) atoms. The van der Waals surface area contributed by atoms with Crippen LogP contribution < -0.4 is 5.32 Å². The molecule has 1 N–H and O–H groups in total. The van der Waals surface area contributed by atoms with E-state index < -0.39 is 5.91 Å². The van der Waals surface area contributed by atoms with Crippen LogP contribution in [0, 0.1) is 11.3 Å². The largest absolute Gasteiger partial charge is 0.323 e. The average Bonchev–Trinajstić information content (AvgIpc) is 2.83. The molecule has 2 rings (SSSR count). The molecule has 2 aromatic rings. The van der Waals surface area contributed by atoms with Gasteiger partial charge in [-0.1, -0.05) is 11.6 Å². The third-order valence-corrected chi connectivity index (χ3v) is 2.37. The van der Waals surface area contributed by atoms with Crippen LogP contribution in [0.15, 0.2) is 30.9 Å². The van der Waals surface area contributed by atoms with E-state index in [9.17, 15) is 4.79 Å². The third kappa shape index (κ3) is 2.64. The fourth-order valence-electron chi connectivity index (χ4n) is 1.41. The first kappa shape index (κ1) is 12.1. The van der Waals surface area contributed by atoms with Crippen LogP contribution in [0.2, 0.25) is 5.02 Å². The maximum absolute atomic E-state index is 11.4. The number of hydrogen-bond acceptors (Lipinski definition) is 4. The number of nitriles is 1. The lowest BCUT2D eigenvalue weighted by Gasteiger charge is -2.10. The van der Waals surface area contributed by atoms with Crippen molar-refractivity contribution in [2.24, 2.45) is 0 Å². The molecule has 1 aromatic heterocycles. The van der Waals surface area contributed by atoms with Gasteiger partial charge in [-0.3, -0.25) is 4.79 Å². The molecule has 1 amide bonds. The zero-order valence-corrected chi connectivity index (χ0v) is 9.92. The van der Waals surface area contributed by atoms with Crippen molar-refractivity contribution in [2.75, 3.05) is 5.32 Å². The van der Waals surface area contributed by atoms with Crippen molar-refractivity contribution in [3.8, 4) is 11.8 Å². The van der Waals surface area contributed by atoms with Crippen molar-refractivity contribution >= 4 is 23.2 Å². The van der Waals surface area contributed by atoms with Gasteiger partial charge in [0, 0.05) is 5.02 Å². The predicted molar refractivity (Wildman–Crippen MR) is 65.2 cm³/mol. The molecule has 0 spiro atoms. The van der Waals surface area contributed by atoms with Gasteiger partial charge in [0.25, 0.3) is 0 Å². The van der Waals surface area contributed by atoms with Crippen LogP contribution in [0.25, 0.3) is 5.69 Å². The van der Waals surface area contributed by atoms with Crippen LogP contribution in [0.4, 0.5) is 5.69 Å². The number of anilines is 1. The second kappa shape index (κ2) is 5.29. The Labute approximate surface area is 108 Å². The molecule has 0 aliphatic carbocycles. The summed E-state index contributed by atoms with van der Waals surface area (Å²) >= 11 is 5.88. The van der Waals surface area contributed by atoms with E-state index in [1.165, 1.54) is 17.3 Å². The lowest BCUT2D eigenvalue weighted by atomic mass is 10.2. The summed E-state index contributed by atoms with van der Waals surface area (Å²) in [6, 6.07) is 6.75. The molecule has 0 aliphatic rings. The van der Waals surface area contributed by atoms with Crippen molar-refractivity contribution in [3.05, 3.63) is 35.9 Å². The summed E-state index contributed by atoms with van der Waals surface area (Å²) in [5.74, 6) is -0.402. The molecule has 0 atom stereocenters. The van der Waals surface area contributed by atoms with Crippen LogP contribution in [-0.4, -0.2) is 20.7 Å². The number of nitrogens with zero attached hydrogens (tertiary/aromatic N) is 4. The number of nitrogens with one attached hydrogen (secondary N) is 1. The summed E-state index contributed by atoms with van der Waals surface area (Å²) in [6.45, 7) is 0. The number of aromatic nitrogens is 3. The third-order valence-electron chi connectivity index (χ3n) is 2.14. The van der Waals surface area contributed by atoms with Gasteiger partial charge in [-0.25, -0.2) is 9.67 Å². The summed E-state index contributed by atoms with van der Waals surface area (Å²) < 4.78 is 1.50. The lowest BCUT2D eigenvalue weighted by molar-refractivity contribution is -0.115. The van der Waals surface area contributed by atoms with Crippen LogP contribution in [0.1, 0.15) is 6.42 Å². The van der Waals surface area contributed by atoms with Gasteiger partial charge in [-0.2, -0.15) is 10.4 Å². The minimum absolute atomic E-state index is 0.219. The van der Waals surface area contributed by atoms with E-state index >= 15 is 0 Å². The van der Waals surface area contributed by atoms with E-state index in [0.29, 0.717) is 16.4 Å². The molecule has 0 fully saturated rings. The highest BCUT2D eigenvalue weighted by atomic mass is 35.5. The predicted octanol–water partition coefficient (Wildman–Crippen LogP) is 1.77. The highest BCUT2D eigenvalue weighted by Crippen LogP contribution is 2.23. The molecule has 0 saturated heterocycles. The summed E-state index contributed by atoms with van der Waals surface area (Å²) in [5.41, 5.74) is 1.11. The molecule has 0 saturated carbocycles. The molecule has 7 heteroatoms. The first-order chi connectivity index (χ1) is 8.70. The summed E-state index contributed by atoms with van der Waals surface area (Å²) in [4.78, 5) is 15.3. The van der Waals surface area contributed by atoms with Crippen LogP contribution in [0.5, 0.6) is 0 Å². The Morgan fingerprint density at radius 2 is 2.39 bits per heavy atom. The second-order valence-corrected chi connectivity index (χ2v) is 3.82. The van der Waals surface area contributed by atoms with Crippen LogP contribution in [-0.2, 0) is 4.79 Å². The Morgan fingerprint density at radius 3 is 3.06 bits per heavy atom. The normalized spacial score (nSPS) is 9.78. The van der Waals surface area contributed by atoms with Gasteiger partial charge in [0.1, 0.15) is 19.1 Å². The molecular weight excluding hydrogens is 254 g/mol. The molecule has 0 bridgehead atoms. The van der Waals surface area contributed by atoms with E-state index in [4.69, 9.17) is 16.9 Å². The van der Waals surface area contributed by atoms with Gasteiger partial charge >= 0.3 is 0 Å². The quantitative estimate of drug-likeness (QED) is 0.913. The van der Waals surface area contributed by atoms with E-state index in [-0.39, 0.29) is 6.42 Å². The highest BCUT2D eigenvalue weighted by Gasteiger charge is 2.09. The maximum atomic E-state index is 11.4. The fraction of sp³-hybridized carbons (Fsp3) is 0.0909. The van der Waals surface area contributed by atoms with E-state index in [1.54, 1.807) is 24.3 Å². The van der Waals surface area contributed by atoms with Gasteiger partial charge < -0.3 is 5.32 Å². The molecule has 0 aliphatic heterocycles. The lowest BCUT2D eigenvalue weighted by Crippen LogP contribution is -2.12. The van der Waals surface area contributed by atoms with E-state index in [0.717, 1.165) is 0 Å². The number of benzene rings is 1. The maximum Gasteiger partial charge on any atom is 0.238 e. The van der Waals surface area contributed by atoms with Gasteiger partial charge in [-0.15, -0.1) is 0 Å². The monoisotopic (exact) mass is 261 g/mol. The Bertz CT molecular complexity index is 602. The van der Waals surface area contributed by atoms with Crippen molar-refractivity contribution < 1.29 is 4.79 Å². The Morgan fingerprint density at radius 1 is 1.56 bits per heavy atom. The first-order valence-electron chi connectivity index (χ1n) is 5.02. The molecular formula is C11H8ClN5O. The van der Waals surface area contributed by atoms with Crippen molar-refractivity contribution in [3.63, 3.8) is 0 Å². The topological polar surface area (TPSA) is 83.6 Å². The van der Waals surface area contributed by atoms with Gasteiger partial charge in [0.05, 0.1) is 17.4 Å². The number of carbonyl (C=O) groups excluding carboxylic acids is 1. The number of rotatable bonds is 3. The number of halogens is 1. The van der Waals surface area contributed by atoms with Crippen molar-refractivity contribution in [2.45, 2.75) is 6.42 Å². The van der Waals surface area contributed by atoms with Crippen molar-refractivity contribution in [1.29, 1.82) is 5.26 Å². The zero-order chi connectivity index (χ0) is 13.0. The molecule has 1 aromatic carbocycles. The second-order valence-electron chi connectivity index (χ2n) is 3.38. The summed E-state index contributed by atoms with van der Waals surface area (Å²) in [6.07, 6.45) is 2.67. The van der Waals surface area contributed by atoms with E-state index in [2.05, 4.69) is 15.4 Å². The standard InChI is InChI=1S/C11H8ClN5O/c12-8-1-2-10(17-7-14-6-15-17)9(5-8)16-11(18)3-4-13/h1-2,5-7H,3H2,(H,16,18). The summed E-state index contributed by atoms with van der Waals surface area (Å²) in [5, 5.41) is 15.5. The number of amides is 1. The smallest absolute Gasteiger partial charge is 0.238 e. The van der Waals surface area contributed by atoms with Crippen LogP contribution >= 0.6 is 11.6 Å². The van der Waals surface area contributed by atoms with Crippen LogP contribution in [0.3, 0.4) is 0 Å². The SMILES string of the molecule is N#CCC(=O)Nc1cc(Cl)ccc1-n1cncn1. The zero-order valence-electron chi connectivity index (χ0n) is 9.17. The molecule has 0 radical (unpaired) electrons. The molecule has 1 heterocycles.